The summed E-state index contributed by atoms with van der Waals surface area (Å²) in [5.74, 6) is -0.350. The van der Waals surface area contributed by atoms with Crippen molar-refractivity contribution in [3.8, 4) is 0 Å². The molecule has 0 unspecified atom stereocenters. The second-order valence-electron chi connectivity index (χ2n) is 10.1. The number of rotatable bonds is 10. The van der Waals surface area contributed by atoms with Gasteiger partial charge in [-0.15, -0.1) is 0 Å². The molecule has 0 atom stereocenters. The van der Waals surface area contributed by atoms with Gasteiger partial charge in [-0.2, -0.15) is 0 Å². The summed E-state index contributed by atoms with van der Waals surface area (Å²) in [7, 11) is 2.12. The maximum absolute atomic E-state index is 13.3. The van der Waals surface area contributed by atoms with E-state index in [4.69, 9.17) is 0 Å². The van der Waals surface area contributed by atoms with Crippen molar-refractivity contribution in [2.24, 2.45) is 0 Å². The van der Waals surface area contributed by atoms with Crippen LogP contribution in [-0.4, -0.2) is 30.3 Å². The molecule has 0 saturated carbocycles. The largest absolute Gasteiger partial charge is 0.354 e. The van der Waals surface area contributed by atoms with E-state index in [1.165, 1.54) is 11.1 Å². The lowest BCUT2D eigenvalue weighted by Crippen LogP contribution is -2.23. The van der Waals surface area contributed by atoms with Crippen molar-refractivity contribution < 1.29 is 9.59 Å². The Hall–Kier alpha value is -4.68. The highest BCUT2D eigenvalue weighted by Gasteiger charge is 2.29. The molecule has 0 bridgehead atoms. The standard InChI is InChI=1S/C34H34N4O2/c1-3-20-35-33(39)27-16-19-30-29(21-27)31(34(40)37-30)32(26-12-8-5-9-13-26)36-28-17-14-25(15-18-28)23-38(2)22-24-10-6-4-7-11-24/h4-19,21,36H,3,20,22-23H2,1-2H3,(H,35,39)(H,37,40). The van der Waals surface area contributed by atoms with Gasteiger partial charge >= 0.3 is 0 Å². The molecule has 6 nitrogen and oxygen atoms in total. The van der Waals surface area contributed by atoms with Crippen LogP contribution in [0.15, 0.2) is 103 Å². The zero-order valence-electron chi connectivity index (χ0n) is 22.9. The lowest BCUT2D eigenvalue weighted by molar-refractivity contribution is -0.110. The first-order valence-corrected chi connectivity index (χ1v) is 13.6. The molecule has 6 heteroatoms. The quantitative estimate of drug-likeness (QED) is 0.208. The van der Waals surface area contributed by atoms with Gasteiger partial charge in [0.15, 0.2) is 0 Å². The van der Waals surface area contributed by atoms with Crippen molar-refractivity contribution in [3.63, 3.8) is 0 Å². The highest BCUT2D eigenvalue weighted by Crippen LogP contribution is 2.38. The molecule has 1 aliphatic rings. The van der Waals surface area contributed by atoms with Crippen LogP contribution in [0.5, 0.6) is 0 Å². The highest BCUT2D eigenvalue weighted by molar-refractivity contribution is 6.37. The summed E-state index contributed by atoms with van der Waals surface area (Å²) in [6.07, 6.45) is 0.853. The molecule has 5 rings (SSSR count). The molecule has 40 heavy (non-hydrogen) atoms. The molecule has 0 fully saturated rings. The molecule has 0 aliphatic carbocycles. The molecular weight excluding hydrogens is 496 g/mol. The van der Waals surface area contributed by atoms with Gasteiger partial charge < -0.3 is 16.0 Å². The van der Waals surface area contributed by atoms with Gasteiger partial charge in [-0.3, -0.25) is 14.5 Å². The Morgan fingerprint density at radius 1 is 0.800 bits per heavy atom. The molecule has 0 saturated heterocycles. The number of nitrogens with one attached hydrogen (secondary N) is 3. The second kappa shape index (κ2) is 12.5. The maximum Gasteiger partial charge on any atom is 0.258 e. The van der Waals surface area contributed by atoms with Crippen molar-refractivity contribution >= 4 is 34.5 Å². The molecule has 4 aromatic carbocycles. The average Bonchev–Trinajstić information content (AvgIpc) is 3.31. The second-order valence-corrected chi connectivity index (χ2v) is 10.1. The number of hydrogen-bond donors (Lipinski definition) is 3. The number of fused-ring (bicyclic) bond motifs is 1. The smallest absolute Gasteiger partial charge is 0.258 e. The fourth-order valence-electron chi connectivity index (χ4n) is 4.88. The molecule has 0 aromatic heterocycles. The minimum Gasteiger partial charge on any atom is -0.354 e. The number of amides is 2. The summed E-state index contributed by atoms with van der Waals surface area (Å²) in [6.45, 7) is 4.31. The Labute approximate surface area is 235 Å². The van der Waals surface area contributed by atoms with Gasteiger partial charge in [0.2, 0.25) is 0 Å². The van der Waals surface area contributed by atoms with Gasteiger partial charge in [-0.1, -0.05) is 79.7 Å². The first kappa shape index (κ1) is 26.9. The minimum absolute atomic E-state index is 0.148. The number of benzene rings is 4. The minimum atomic E-state index is -0.202. The number of hydrogen-bond acceptors (Lipinski definition) is 4. The van der Waals surface area contributed by atoms with E-state index in [-0.39, 0.29) is 11.8 Å². The van der Waals surface area contributed by atoms with Gasteiger partial charge in [-0.05, 0) is 60.5 Å². The molecule has 202 valence electrons. The van der Waals surface area contributed by atoms with E-state index in [9.17, 15) is 9.59 Å². The molecule has 3 N–H and O–H groups in total. The molecular formula is C34H34N4O2. The van der Waals surface area contributed by atoms with E-state index in [1.54, 1.807) is 18.2 Å². The third-order valence-electron chi connectivity index (χ3n) is 6.85. The van der Waals surface area contributed by atoms with Crippen LogP contribution in [0.4, 0.5) is 11.4 Å². The Morgan fingerprint density at radius 2 is 1.45 bits per heavy atom. The van der Waals surface area contributed by atoms with Gasteiger partial charge in [0.05, 0.1) is 11.3 Å². The molecule has 0 radical (unpaired) electrons. The summed E-state index contributed by atoms with van der Waals surface area (Å²) in [5, 5.41) is 9.41. The first-order chi connectivity index (χ1) is 19.5. The predicted octanol–water partition coefficient (Wildman–Crippen LogP) is 6.39. The number of nitrogens with zero attached hydrogens (tertiary/aromatic N) is 1. The Bertz CT molecular complexity index is 1510. The molecule has 2 amide bonds. The average molecular weight is 531 g/mol. The van der Waals surface area contributed by atoms with Crippen LogP contribution in [0.3, 0.4) is 0 Å². The van der Waals surface area contributed by atoms with Gasteiger partial charge in [0.1, 0.15) is 0 Å². The van der Waals surface area contributed by atoms with Gasteiger partial charge in [0, 0.05) is 42.1 Å². The zero-order chi connectivity index (χ0) is 27.9. The Morgan fingerprint density at radius 3 is 2.12 bits per heavy atom. The lowest BCUT2D eigenvalue weighted by atomic mass is 9.98. The number of carbonyl (C=O) groups excluding carboxylic acids is 2. The van der Waals surface area contributed by atoms with E-state index in [0.717, 1.165) is 30.8 Å². The zero-order valence-corrected chi connectivity index (χ0v) is 22.9. The van der Waals surface area contributed by atoms with Crippen LogP contribution in [0.25, 0.3) is 11.3 Å². The van der Waals surface area contributed by atoms with Crippen molar-refractivity contribution in [2.75, 3.05) is 24.2 Å². The van der Waals surface area contributed by atoms with Gasteiger partial charge in [-0.25, -0.2) is 0 Å². The molecule has 1 aliphatic heterocycles. The number of carbonyl (C=O) groups is 2. The van der Waals surface area contributed by atoms with E-state index in [0.29, 0.717) is 34.6 Å². The van der Waals surface area contributed by atoms with Crippen molar-refractivity contribution in [1.29, 1.82) is 0 Å². The van der Waals surface area contributed by atoms with Crippen LogP contribution in [0, 0.1) is 0 Å². The Balaban J connectivity index is 1.43. The van der Waals surface area contributed by atoms with Gasteiger partial charge in [0.25, 0.3) is 11.8 Å². The van der Waals surface area contributed by atoms with E-state index >= 15 is 0 Å². The monoisotopic (exact) mass is 530 g/mol. The highest BCUT2D eigenvalue weighted by atomic mass is 16.2. The summed E-state index contributed by atoms with van der Waals surface area (Å²) < 4.78 is 0. The first-order valence-electron chi connectivity index (χ1n) is 13.6. The van der Waals surface area contributed by atoms with Crippen LogP contribution >= 0.6 is 0 Å². The van der Waals surface area contributed by atoms with Crippen LogP contribution in [-0.2, 0) is 17.9 Å². The third kappa shape index (κ3) is 6.30. The van der Waals surface area contributed by atoms with Crippen LogP contribution in [0.2, 0.25) is 0 Å². The fourth-order valence-corrected chi connectivity index (χ4v) is 4.88. The van der Waals surface area contributed by atoms with Crippen molar-refractivity contribution in [2.45, 2.75) is 26.4 Å². The predicted molar refractivity (Wildman–Crippen MR) is 163 cm³/mol. The normalized spacial score (nSPS) is 13.5. The van der Waals surface area contributed by atoms with E-state index < -0.39 is 0 Å². The van der Waals surface area contributed by atoms with E-state index in [2.05, 4.69) is 64.3 Å². The summed E-state index contributed by atoms with van der Waals surface area (Å²) in [4.78, 5) is 28.3. The Kier molecular flexibility index (Phi) is 8.38. The van der Waals surface area contributed by atoms with Crippen LogP contribution < -0.4 is 16.0 Å². The van der Waals surface area contributed by atoms with Crippen molar-refractivity contribution in [1.82, 2.24) is 10.2 Å². The topological polar surface area (TPSA) is 73.5 Å². The van der Waals surface area contributed by atoms with Crippen LogP contribution in [0.1, 0.15) is 46.0 Å². The molecule has 0 spiro atoms. The summed E-state index contributed by atoms with van der Waals surface area (Å²) >= 11 is 0. The maximum atomic E-state index is 13.3. The summed E-state index contributed by atoms with van der Waals surface area (Å²) in [5.41, 5.74) is 7.37. The van der Waals surface area contributed by atoms with Crippen molar-refractivity contribution in [3.05, 3.63) is 131 Å². The SMILES string of the molecule is CCCNC(=O)c1ccc2c(c1)C(=C(Nc1ccc(CN(C)Cc3ccccc3)cc1)c1ccccc1)C(=O)N2. The molecule has 1 heterocycles. The fraction of sp³-hybridized carbons (Fsp3) is 0.176. The number of anilines is 2. The summed E-state index contributed by atoms with van der Waals surface area (Å²) in [6, 6.07) is 33.9. The third-order valence-corrected chi connectivity index (χ3v) is 6.85. The lowest BCUT2D eigenvalue weighted by Gasteiger charge is -2.18. The van der Waals surface area contributed by atoms with E-state index in [1.807, 2.05) is 55.5 Å². The molecule has 4 aromatic rings.